The van der Waals surface area contributed by atoms with Crippen LogP contribution in [0.4, 0.5) is 5.95 Å². The number of nitrogen functional groups attached to an aromatic ring is 1. The predicted molar refractivity (Wildman–Crippen MR) is 75.2 cm³/mol. The van der Waals surface area contributed by atoms with Crippen molar-refractivity contribution >= 4 is 28.6 Å². The molecule has 0 bridgehead atoms. The molecule has 1 heterocycles. The molecular weight excluding hydrogens is 260 g/mol. The van der Waals surface area contributed by atoms with Crippen LogP contribution >= 0.6 is 11.6 Å². The maximum Gasteiger partial charge on any atom is 0.206 e. The number of fused-ring (bicyclic) bond motifs is 1. The van der Waals surface area contributed by atoms with Gasteiger partial charge in [0, 0.05) is 0 Å². The van der Waals surface area contributed by atoms with E-state index in [-0.39, 0.29) is 0 Å². The molecule has 0 aliphatic rings. The van der Waals surface area contributed by atoms with Gasteiger partial charge < -0.3 is 5.73 Å². The Morgan fingerprint density at radius 1 is 1.16 bits per heavy atom. The first kappa shape index (κ1) is 11.6. The van der Waals surface area contributed by atoms with Gasteiger partial charge in [0.15, 0.2) is 0 Å². The molecule has 0 amide bonds. The molecule has 0 saturated carbocycles. The zero-order chi connectivity index (χ0) is 13.4. The van der Waals surface area contributed by atoms with Gasteiger partial charge >= 0.3 is 0 Å². The summed E-state index contributed by atoms with van der Waals surface area (Å²) in [5.41, 5.74) is 8.58. The number of halogens is 1. The molecule has 19 heavy (non-hydrogen) atoms. The van der Waals surface area contributed by atoms with Crippen LogP contribution in [-0.4, -0.2) is 9.55 Å². The molecule has 1 aromatic heterocycles. The smallest absolute Gasteiger partial charge is 0.206 e. The monoisotopic (exact) mass is 268 g/mol. The Balaban J connectivity index is 2.44. The molecule has 0 spiro atoms. The largest absolute Gasteiger partial charge is 0.369 e. The van der Waals surface area contributed by atoms with E-state index in [1.807, 2.05) is 24.3 Å². The van der Waals surface area contributed by atoms with Crippen molar-refractivity contribution in [3.05, 3.63) is 53.1 Å². The molecule has 3 aromatic rings. The van der Waals surface area contributed by atoms with Gasteiger partial charge in [-0.2, -0.15) is 5.26 Å². The van der Waals surface area contributed by atoms with Gasteiger partial charge in [0.05, 0.1) is 27.3 Å². The molecule has 0 fully saturated rings. The standard InChI is InChI=1S/C14H9ClN4/c15-10-5-3-6-11-13(10)19(14(17)18-11)12-7-2-1-4-9(12)8-16/h1-7H,(H2,17,18). The Hall–Kier alpha value is -2.51. The van der Waals surface area contributed by atoms with Crippen LogP contribution in [-0.2, 0) is 0 Å². The fourth-order valence-electron chi connectivity index (χ4n) is 2.11. The third-order valence-electron chi connectivity index (χ3n) is 2.92. The van der Waals surface area contributed by atoms with Crippen molar-refractivity contribution in [2.24, 2.45) is 0 Å². The first-order chi connectivity index (χ1) is 9.22. The van der Waals surface area contributed by atoms with Crippen molar-refractivity contribution in [3.63, 3.8) is 0 Å². The summed E-state index contributed by atoms with van der Waals surface area (Å²) >= 11 is 6.22. The number of nitrogens with two attached hydrogens (primary N) is 1. The minimum Gasteiger partial charge on any atom is -0.369 e. The number of nitriles is 1. The summed E-state index contributed by atoms with van der Waals surface area (Å²) in [6.45, 7) is 0. The Kier molecular flexibility index (Phi) is 2.62. The van der Waals surface area contributed by atoms with Crippen LogP contribution in [0.3, 0.4) is 0 Å². The molecule has 3 rings (SSSR count). The second kappa shape index (κ2) is 4.30. The van der Waals surface area contributed by atoms with Crippen molar-refractivity contribution in [3.8, 4) is 11.8 Å². The van der Waals surface area contributed by atoms with Crippen LogP contribution in [0.5, 0.6) is 0 Å². The molecule has 2 aromatic carbocycles. The van der Waals surface area contributed by atoms with Crippen molar-refractivity contribution in [1.29, 1.82) is 5.26 Å². The number of hydrogen-bond acceptors (Lipinski definition) is 3. The third-order valence-corrected chi connectivity index (χ3v) is 3.22. The molecule has 0 radical (unpaired) electrons. The quantitative estimate of drug-likeness (QED) is 0.737. The maximum absolute atomic E-state index is 9.19. The zero-order valence-electron chi connectivity index (χ0n) is 9.84. The number of para-hydroxylation sites is 2. The fraction of sp³-hybridized carbons (Fsp3) is 0. The van der Waals surface area contributed by atoms with Gasteiger partial charge in [-0.15, -0.1) is 0 Å². The molecule has 0 aliphatic carbocycles. The SMILES string of the molecule is N#Cc1ccccc1-n1c(N)nc2cccc(Cl)c21. The lowest BCUT2D eigenvalue weighted by Crippen LogP contribution is -2.02. The van der Waals surface area contributed by atoms with Crippen molar-refractivity contribution in [2.75, 3.05) is 5.73 Å². The first-order valence-corrected chi connectivity index (χ1v) is 6.02. The molecule has 92 valence electrons. The number of benzene rings is 2. The van der Waals surface area contributed by atoms with Gasteiger partial charge in [0.2, 0.25) is 5.95 Å². The summed E-state index contributed by atoms with van der Waals surface area (Å²) in [5, 5.41) is 9.74. The number of hydrogen-bond donors (Lipinski definition) is 1. The van der Waals surface area contributed by atoms with Gasteiger partial charge in [-0.3, -0.25) is 4.57 Å². The van der Waals surface area contributed by atoms with Crippen LogP contribution in [0.25, 0.3) is 16.7 Å². The van der Waals surface area contributed by atoms with Gasteiger partial charge in [0.1, 0.15) is 6.07 Å². The molecular formula is C14H9ClN4. The summed E-state index contributed by atoms with van der Waals surface area (Å²) in [6.07, 6.45) is 0. The highest BCUT2D eigenvalue weighted by molar-refractivity contribution is 6.35. The second-order valence-electron chi connectivity index (χ2n) is 4.04. The molecule has 0 atom stereocenters. The van der Waals surface area contributed by atoms with E-state index in [4.69, 9.17) is 17.3 Å². The minimum absolute atomic E-state index is 0.311. The van der Waals surface area contributed by atoms with E-state index in [1.54, 1.807) is 22.8 Å². The fourth-order valence-corrected chi connectivity index (χ4v) is 2.36. The van der Waals surface area contributed by atoms with E-state index in [0.717, 1.165) is 0 Å². The van der Waals surface area contributed by atoms with Crippen LogP contribution < -0.4 is 5.73 Å². The zero-order valence-corrected chi connectivity index (χ0v) is 10.6. The van der Waals surface area contributed by atoms with Gasteiger partial charge in [-0.1, -0.05) is 29.8 Å². The summed E-state index contributed by atoms with van der Waals surface area (Å²) in [5.74, 6) is 0.311. The summed E-state index contributed by atoms with van der Waals surface area (Å²) < 4.78 is 1.70. The minimum atomic E-state index is 0.311. The Bertz CT molecular complexity index is 814. The first-order valence-electron chi connectivity index (χ1n) is 5.64. The normalized spacial score (nSPS) is 10.5. The van der Waals surface area contributed by atoms with E-state index in [2.05, 4.69) is 11.1 Å². The van der Waals surface area contributed by atoms with Crippen molar-refractivity contribution < 1.29 is 0 Å². The highest BCUT2D eigenvalue weighted by Crippen LogP contribution is 2.29. The maximum atomic E-state index is 9.19. The Morgan fingerprint density at radius 2 is 1.95 bits per heavy atom. The average molecular weight is 269 g/mol. The van der Waals surface area contributed by atoms with Crippen molar-refractivity contribution in [2.45, 2.75) is 0 Å². The molecule has 2 N–H and O–H groups in total. The molecule has 4 nitrogen and oxygen atoms in total. The van der Waals surface area contributed by atoms with E-state index < -0.39 is 0 Å². The van der Waals surface area contributed by atoms with Gasteiger partial charge in [0.25, 0.3) is 0 Å². The van der Waals surface area contributed by atoms with Crippen molar-refractivity contribution in [1.82, 2.24) is 9.55 Å². The molecule has 5 heteroatoms. The number of anilines is 1. The van der Waals surface area contributed by atoms with E-state index in [1.165, 1.54) is 0 Å². The van der Waals surface area contributed by atoms with E-state index in [9.17, 15) is 5.26 Å². The molecule has 0 unspecified atom stereocenters. The lowest BCUT2D eigenvalue weighted by molar-refractivity contribution is 1.10. The predicted octanol–water partition coefficient (Wildman–Crippen LogP) is 3.13. The van der Waals surface area contributed by atoms with E-state index in [0.29, 0.717) is 33.3 Å². The number of imidazole rings is 1. The van der Waals surface area contributed by atoms with Crippen LogP contribution in [0, 0.1) is 11.3 Å². The van der Waals surface area contributed by atoms with Crippen LogP contribution in [0.1, 0.15) is 5.56 Å². The van der Waals surface area contributed by atoms with Gasteiger partial charge in [-0.05, 0) is 24.3 Å². The second-order valence-corrected chi connectivity index (χ2v) is 4.45. The summed E-state index contributed by atoms with van der Waals surface area (Å²) in [7, 11) is 0. The van der Waals surface area contributed by atoms with E-state index >= 15 is 0 Å². The highest BCUT2D eigenvalue weighted by Gasteiger charge is 2.14. The number of rotatable bonds is 1. The van der Waals surface area contributed by atoms with Crippen LogP contribution in [0.15, 0.2) is 42.5 Å². The topological polar surface area (TPSA) is 67.6 Å². The lowest BCUT2D eigenvalue weighted by Gasteiger charge is -2.08. The molecule has 0 saturated heterocycles. The average Bonchev–Trinajstić information content (AvgIpc) is 2.76. The Labute approximate surface area is 114 Å². The number of nitrogens with zero attached hydrogens (tertiary/aromatic N) is 3. The summed E-state index contributed by atoms with van der Waals surface area (Å²) in [4.78, 5) is 4.27. The van der Waals surface area contributed by atoms with Gasteiger partial charge in [-0.25, -0.2) is 4.98 Å². The number of aromatic nitrogens is 2. The summed E-state index contributed by atoms with van der Waals surface area (Å²) in [6, 6.07) is 14.8. The lowest BCUT2D eigenvalue weighted by atomic mass is 10.2. The molecule has 0 aliphatic heterocycles. The van der Waals surface area contributed by atoms with Crippen LogP contribution in [0.2, 0.25) is 5.02 Å². The highest BCUT2D eigenvalue weighted by atomic mass is 35.5. The third kappa shape index (κ3) is 1.72. The Morgan fingerprint density at radius 3 is 2.74 bits per heavy atom.